The minimum Gasteiger partial charge on any atom is -0.493 e. The number of ether oxygens (including phenoxy) is 1. The lowest BCUT2D eigenvalue weighted by Gasteiger charge is -2.33. The molecule has 7 nitrogen and oxygen atoms in total. The van der Waals surface area contributed by atoms with Crippen molar-refractivity contribution in [1.29, 1.82) is 0 Å². The number of carboxylic acid groups (broad SMARTS) is 1. The third kappa shape index (κ3) is 4.04. The highest BCUT2D eigenvalue weighted by molar-refractivity contribution is 5.89. The van der Waals surface area contributed by atoms with Crippen LogP contribution in [0.4, 0.5) is 0 Å². The van der Waals surface area contributed by atoms with Gasteiger partial charge in [-0.1, -0.05) is 18.2 Å². The number of rotatable bonds is 6. The van der Waals surface area contributed by atoms with E-state index >= 15 is 0 Å². The Morgan fingerprint density at radius 1 is 1.38 bits per heavy atom. The third-order valence-electron chi connectivity index (χ3n) is 4.09. The van der Waals surface area contributed by atoms with E-state index in [-0.39, 0.29) is 24.9 Å². The average Bonchev–Trinajstić information content (AvgIpc) is 2.56. The molecule has 0 fully saturated rings. The zero-order chi connectivity index (χ0) is 17.7. The molecule has 0 aromatic heterocycles. The molecule has 0 saturated heterocycles. The summed E-state index contributed by atoms with van der Waals surface area (Å²) in [6, 6.07) is 6.32. The van der Waals surface area contributed by atoms with Crippen LogP contribution in [0, 0.1) is 0 Å². The highest BCUT2D eigenvalue weighted by Crippen LogP contribution is 2.34. The van der Waals surface area contributed by atoms with Gasteiger partial charge >= 0.3 is 5.97 Å². The fraction of sp³-hybridized carbons (Fsp3) is 0.471. The van der Waals surface area contributed by atoms with E-state index in [4.69, 9.17) is 4.74 Å². The molecular weight excluding hydrogens is 312 g/mol. The molecule has 130 valence electrons. The Morgan fingerprint density at radius 3 is 2.75 bits per heavy atom. The van der Waals surface area contributed by atoms with Gasteiger partial charge in [-0.15, -0.1) is 0 Å². The minimum atomic E-state index is -1.08. The molecule has 0 bridgehead atoms. The van der Waals surface area contributed by atoms with E-state index in [1.807, 2.05) is 18.2 Å². The van der Waals surface area contributed by atoms with Crippen molar-refractivity contribution in [2.24, 2.45) is 0 Å². The van der Waals surface area contributed by atoms with Crippen LogP contribution in [0.5, 0.6) is 5.75 Å². The van der Waals surface area contributed by atoms with Gasteiger partial charge in [0.2, 0.25) is 11.8 Å². The van der Waals surface area contributed by atoms with E-state index in [1.54, 1.807) is 6.07 Å². The number of hydrogen-bond donors (Lipinski definition) is 2. The smallest absolute Gasteiger partial charge is 0.326 e. The molecule has 2 rings (SSSR count). The van der Waals surface area contributed by atoms with Crippen molar-refractivity contribution in [2.75, 3.05) is 19.7 Å². The normalized spacial score (nSPS) is 17.2. The van der Waals surface area contributed by atoms with Gasteiger partial charge < -0.3 is 20.1 Å². The summed E-state index contributed by atoms with van der Waals surface area (Å²) in [5.74, 6) is -1.33. The number of para-hydroxylation sites is 1. The molecule has 0 radical (unpaired) electrons. The molecule has 2 atom stereocenters. The summed E-state index contributed by atoms with van der Waals surface area (Å²) < 4.78 is 5.56. The lowest BCUT2D eigenvalue weighted by atomic mass is 9.91. The molecule has 0 saturated carbocycles. The summed E-state index contributed by atoms with van der Waals surface area (Å²) in [5, 5.41) is 11.9. The minimum absolute atomic E-state index is 0.144. The van der Waals surface area contributed by atoms with Gasteiger partial charge in [0.15, 0.2) is 0 Å². The molecule has 1 aliphatic rings. The molecule has 2 unspecified atom stereocenters. The second-order valence-electron chi connectivity index (χ2n) is 5.76. The SMILES string of the molecule is CC(=O)NCCN(C(=O)C1CCOc2ccccc21)C(C)C(=O)O. The molecule has 2 N–H and O–H groups in total. The van der Waals surface area contributed by atoms with Crippen molar-refractivity contribution in [3.8, 4) is 5.75 Å². The van der Waals surface area contributed by atoms with Gasteiger partial charge in [0.1, 0.15) is 11.8 Å². The number of benzene rings is 1. The number of fused-ring (bicyclic) bond motifs is 1. The van der Waals surface area contributed by atoms with E-state index in [0.717, 1.165) is 5.56 Å². The van der Waals surface area contributed by atoms with Crippen molar-refractivity contribution in [1.82, 2.24) is 10.2 Å². The monoisotopic (exact) mass is 334 g/mol. The van der Waals surface area contributed by atoms with Crippen LogP contribution in [0.25, 0.3) is 0 Å². The maximum atomic E-state index is 13.0. The van der Waals surface area contributed by atoms with Crippen LogP contribution >= 0.6 is 0 Å². The molecule has 1 aromatic rings. The van der Waals surface area contributed by atoms with E-state index in [9.17, 15) is 19.5 Å². The molecule has 1 aromatic carbocycles. The van der Waals surface area contributed by atoms with Gasteiger partial charge in [-0.3, -0.25) is 9.59 Å². The number of carboxylic acids is 1. The molecule has 0 spiro atoms. The average molecular weight is 334 g/mol. The zero-order valence-electron chi connectivity index (χ0n) is 13.8. The van der Waals surface area contributed by atoms with Crippen molar-refractivity contribution in [2.45, 2.75) is 32.2 Å². The van der Waals surface area contributed by atoms with Crippen molar-refractivity contribution in [3.05, 3.63) is 29.8 Å². The third-order valence-corrected chi connectivity index (χ3v) is 4.09. The number of carbonyl (C=O) groups is 3. The summed E-state index contributed by atoms with van der Waals surface area (Å²) >= 11 is 0. The fourth-order valence-electron chi connectivity index (χ4n) is 2.78. The first-order valence-electron chi connectivity index (χ1n) is 7.91. The number of hydrogen-bond acceptors (Lipinski definition) is 4. The lowest BCUT2D eigenvalue weighted by molar-refractivity contribution is -0.150. The maximum Gasteiger partial charge on any atom is 0.326 e. The fourth-order valence-corrected chi connectivity index (χ4v) is 2.78. The van der Waals surface area contributed by atoms with Crippen LogP contribution in [0.1, 0.15) is 31.7 Å². The van der Waals surface area contributed by atoms with Crippen LogP contribution in [0.3, 0.4) is 0 Å². The van der Waals surface area contributed by atoms with Crippen LogP contribution in [-0.4, -0.2) is 53.5 Å². The van der Waals surface area contributed by atoms with Gasteiger partial charge in [0.05, 0.1) is 12.5 Å². The Kier molecular flexibility index (Phi) is 5.78. The molecule has 2 amide bonds. The maximum absolute atomic E-state index is 13.0. The van der Waals surface area contributed by atoms with Crippen LogP contribution in [0.15, 0.2) is 24.3 Å². The standard InChI is InChI=1S/C17H22N2O5/c1-11(17(22)23)19(9-8-18-12(2)20)16(21)14-7-10-24-15-6-4-3-5-13(14)15/h3-6,11,14H,7-10H2,1-2H3,(H,18,20)(H,22,23). The van der Waals surface area contributed by atoms with Crippen molar-refractivity contribution >= 4 is 17.8 Å². The Morgan fingerprint density at radius 2 is 2.08 bits per heavy atom. The molecule has 1 heterocycles. The summed E-state index contributed by atoms with van der Waals surface area (Å²) in [6.07, 6.45) is 0.499. The summed E-state index contributed by atoms with van der Waals surface area (Å²) in [7, 11) is 0. The van der Waals surface area contributed by atoms with Crippen molar-refractivity contribution < 1.29 is 24.2 Å². The Bertz CT molecular complexity index is 631. The van der Waals surface area contributed by atoms with Crippen LogP contribution < -0.4 is 10.1 Å². The molecule has 1 aliphatic heterocycles. The quantitative estimate of drug-likeness (QED) is 0.809. The predicted octanol–water partition coefficient (Wildman–Crippen LogP) is 0.990. The first-order chi connectivity index (χ1) is 11.4. The molecule has 7 heteroatoms. The summed E-state index contributed by atoms with van der Waals surface area (Å²) in [4.78, 5) is 36.7. The van der Waals surface area contributed by atoms with Gasteiger partial charge in [-0.2, -0.15) is 0 Å². The van der Waals surface area contributed by atoms with E-state index < -0.39 is 17.9 Å². The number of amides is 2. The Labute approximate surface area is 140 Å². The second-order valence-corrected chi connectivity index (χ2v) is 5.76. The Hall–Kier alpha value is -2.57. The van der Waals surface area contributed by atoms with Gasteiger partial charge in [0, 0.05) is 25.6 Å². The topological polar surface area (TPSA) is 95.9 Å². The zero-order valence-corrected chi connectivity index (χ0v) is 13.8. The van der Waals surface area contributed by atoms with Crippen LogP contribution in [0.2, 0.25) is 0 Å². The highest BCUT2D eigenvalue weighted by atomic mass is 16.5. The van der Waals surface area contributed by atoms with E-state index in [0.29, 0.717) is 18.8 Å². The first-order valence-corrected chi connectivity index (χ1v) is 7.91. The summed E-state index contributed by atoms with van der Waals surface area (Å²) in [5.41, 5.74) is 0.774. The Balaban J connectivity index is 2.21. The van der Waals surface area contributed by atoms with Gasteiger partial charge in [-0.05, 0) is 19.4 Å². The predicted molar refractivity (Wildman–Crippen MR) is 86.8 cm³/mol. The number of nitrogens with zero attached hydrogens (tertiary/aromatic N) is 1. The number of aliphatic carboxylic acids is 1. The number of nitrogens with one attached hydrogen (secondary N) is 1. The molecular formula is C17H22N2O5. The van der Waals surface area contributed by atoms with E-state index in [1.165, 1.54) is 18.7 Å². The summed E-state index contributed by atoms with van der Waals surface area (Å²) in [6.45, 7) is 3.62. The second kappa shape index (κ2) is 7.81. The van der Waals surface area contributed by atoms with Crippen molar-refractivity contribution in [3.63, 3.8) is 0 Å². The largest absolute Gasteiger partial charge is 0.493 e. The van der Waals surface area contributed by atoms with Gasteiger partial charge in [-0.25, -0.2) is 4.79 Å². The first kappa shape index (κ1) is 17.8. The van der Waals surface area contributed by atoms with Gasteiger partial charge in [0.25, 0.3) is 0 Å². The van der Waals surface area contributed by atoms with E-state index in [2.05, 4.69) is 5.32 Å². The lowest BCUT2D eigenvalue weighted by Crippen LogP contribution is -2.49. The van der Waals surface area contributed by atoms with Crippen LogP contribution in [-0.2, 0) is 14.4 Å². The highest BCUT2D eigenvalue weighted by Gasteiger charge is 2.34. The molecule has 24 heavy (non-hydrogen) atoms. The number of carbonyl (C=O) groups excluding carboxylic acids is 2. The molecule has 0 aliphatic carbocycles.